The SMILES string of the molecule is C/C=C1/C(=O)O[C@H](c2ccc(C)cc2)[C@H]1C. The van der Waals surface area contributed by atoms with E-state index in [2.05, 4.69) is 0 Å². The second-order valence-corrected chi connectivity index (χ2v) is 4.27. The Balaban J connectivity index is 2.30. The van der Waals surface area contributed by atoms with Crippen molar-refractivity contribution in [3.8, 4) is 0 Å². The Morgan fingerprint density at radius 1 is 1.25 bits per heavy atom. The number of carbonyl (C=O) groups excluding carboxylic acids is 1. The lowest BCUT2D eigenvalue weighted by Crippen LogP contribution is -2.04. The molecule has 0 radical (unpaired) electrons. The number of ether oxygens (including phenoxy) is 1. The molecular formula is C14H16O2. The molecule has 0 saturated carbocycles. The van der Waals surface area contributed by atoms with E-state index in [0.717, 1.165) is 11.1 Å². The lowest BCUT2D eigenvalue weighted by Gasteiger charge is -2.14. The average Bonchev–Trinajstić information content (AvgIpc) is 2.55. The maximum Gasteiger partial charge on any atom is 0.334 e. The molecule has 1 saturated heterocycles. The minimum atomic E-state index is -0.180. The highest BCUT2D eigenvalue weighted by Gasteiger charge is 2.36. The second-order valence-electron chi connectivity index (χ2n) is 4.27. The van der Waals surface area contributed by atoms with E-state index < -0.39 is 0 Å². The summed E-state index contributed by atoms with van der Waals surface area (Å²) >= 11 is 0. The molecule has 84 valence electrons. The first-order valence-electron chi connectivity index (χ1n) is 5.57. The second kappa shape index (κ2) is 4.12. The summed E-state index contributed by atoms with van der Waals surface area (Å²) in [5, 5.41) is 0. The van der Waals surface area contributed by atoms with Crippen LogP contribution in [0, 0.1) is 12.8 Å². The predicted molar refractivity (Wildman–Crippen MR) is 62.9 cm³/mol. The van der Waals surface area contributed by atoms with E-state index >= 15 is 0 Å². The van der Waals surface area contributed by atoms with Gasteiger partial charge in [0, 0.05) is 11.5 Å². The van der Waals surface area contributed by atoms with Gasteiger partial charge in [0.15, 0.2) is 0 Å². The summed E-state index contributed by atoms with van der Waals surface area (Å²) < 4.78 is 5.40. The van der Waals surface area contributed by atoms with Gasteiger partial charge in [0.2, 0.25) is 0 Å². The molecule has 2 atom stereocenters. The molecule has 1 heterocycles. The third-order valence-electron chi connectivity index (χ3n) is 3.13. The zero-order valence-electron chi connectivity index (χ0n) is 9.86. The smallest absolute Gasteiger partial charge is 0.334 e. The van der Waals surface area contributed by atoms with Gasteiger partial charge in [0.1, 0.15) is 6.10 Å². The van der Waals surface area contributed by atoms with Gasteiger partial charge in [0.05, 0.1) is 0 Å². The third-order valence-corrected chi connectivity index (χ3v) is 3.13. The molecule has 0 amide bonds. The Bertz CT molecular complexity index is 429. The van der Waals surface area contributed by atoms with E-state index in [-0.39, 0.29) is 18.0 Å². The van der Waals surface area contributed by atoms with Gasteiger partial charge in [-0.2, -0.15) is 0 Å². The number of carbonyl (C=O) groups is 1. The molecule has 0 aromatic heterocycles. The summed E-state index contributed by atoms with van der Waals surface area (Å²) in [6.45, 7) is 5.96. The van der Waals surface area contributed by atoms with Crippen molar-refractivity contribution >= 4 is 5.97 Å². The van der Waals surface area contributed by atoms with Crippen molar-refractivity contribution in [1.29, 1.82) is 0 Å². The molecule has 0 unspecified atom stereocenters. The Kier molecular flexibility index (Phi) is 2.82. The first kappa shape index (κ1) is 10.9. The molecule has 2 nitrogen and oxygen atoms in total. The van der Waals surface area contributed by atoms with Gasteiger partial charge < -0.3 is 4.74 Å². The lowest BCUT2D eigenvalue weighted by atomic mass is 9.93. The van der Waals surface area contributed by atoms with Crippen molar-refractivity contribution < 1.29 is 9.53 Å². The highest BCUT2D eigenvalue weighted by Crippen LogP contribution is 2.38. The first-order chi connectivity index (χ1) is 7.63. The molecular weight excluding hydrogens is 200 g/mol. The van der Waals surface area contributed by atoms with Crippen molar-refractivity contribution in [2.75, 3.05) is 0 Å². The van der Waals surface area contributed by atoms with E-state index in [9.17, 15) is 4.79 Å². The number of benzene rings is 1. The van der Waals surface area contributed by atoms with E-state index in [4.69, 9.17) is 4.74 Å². The molecule has 0 aliphatic carbocycles. The van der Waals surface area contributed by atoms with Gasteiger partial charge in [-0.3, -0.25) is 0 Å². The van der Waals surface area contributed by atoms with Gasteiger partial charge in [-0.1, -0.05) is 42.8 Å². The summed E-state index contributed by atoms with van der Waals surface area (Å²) in [7, 11) is 0. The molecule has 0 spiro atoms. The Morgan fingerprint density at radius 2 is 1.88 bits per heavy atom. The third kappa shape index (κ3) is 1.75. The van der Waals surface area contributed by atoms with Crippen LogP contribution in [0.25, 0.3) is 0 Å². The quantitative estimate of drug-likeness (QED) is 0.532. The van der Waals surface area contributed by atoms with E-state index in [1.54, 1.807) is 0 Å². The van der Waals surface area contributed by atoms with Crippen LogP contribution in [0.1, 0.15) is 31.1 Å². The zero-order valence-corrected chi connectivity index (χ0v) is 9.86. The molecule has 1 aromatic rings. The molecule has 2 rings (SSSR count). The summed E-state index contributed by atoms with van der Waals surface area (Å²) in [4.78, 5) is 11.6. The van der Waals surface area contributed by atoms with Crippen molar-refractivity contribution in [1.82, 2.24) is 0 Å². The van der Waals surface area contributed by atoms with Crippen LogP contribution in [-0.2, 0) is 9.53 Å². The maximum atomic E-state index is 11.6. The normalized spacial score (nSPS) is 27.2. The number of rotatable bonds is 1. The minimum Gasteiger partial charge on any atom is -0.453 e. The monoisotopic (exact) mass is 216 g/mol. The molecule has 1 aliphatic rings. The molecule has 16 heavy (non-hydrogen) atoms. The highest BCUT2D eigenvalue weighted by atomic mass is 16.6. The largest absolute Gasteiger partial charge is 0.453 e. The van der Waals surface area contributed by atoms with Crippen molar-refractivity contribution in [3.63, 3.8) is 0 Å². The standard InChI is InChI=1S/C14H16O2/c1-4-12-10(3)13(16-14(12)15)11-7-5-9(2)6-8-11/h4-8,10,13H,1-3H3/b12-4+/t10-,13-/m0/s1. The lowest BCUT2D eigenvalue weighted by molar-refractivity contribution is -0.139. The summed E-state index contributed by atoms with van der Waals surface area (Å²) in [5.74, 6) is -0.0409. The number of cyclic esters (lactones) is 1. The van der Waals surface area contributed by atoms with Gasteiger partial charge >= 0.3 is 5.97 Å². The Labute approximate surface area is 95.9 Å². The highest BCUT2D eigenvalue weighted by molar-refractivity contribution is 5.91. The van der Waals surface area contributed by atoms with Crippen LogP contribution < -0.4 is 0 Å². The first-order valence-corrected chi connectivity index (χ1v) is 5.57. The van der Waals surface area contributed by atoms with Crippen LogP contribution in [0.4, 0.5) is 0 Å². The fourth-order valence-corrected chi connectivity index (χ4v) is 2.13. The summed E-state index contributed by atoms with van der Waals surface area (Å²) in [6, 6.07) is 8.15. The van der Waals surface area contributed by atoms with Gasteiger partial charge in [-0.25, -0.2) is 4.79 Å². The van der Waals surface area contributed by atoms with E-state index in [0.29, 0.717) is 0 Å². The number of aryl methyl sites for hydroxylation is 1. The van der Waals surface area contributed by atoms with Crippen LogP contribution in [0.2, 0.25) is 0 Å². The van der Waals surface area contributed by atoms with Crippen LogP contribution in [0.3, 0.4) is 0 Å². The molecule has 1 aromatic carbocycles. The minimum absolute atomic E-state index is 0.126. The van der Waals surface area contributed by atoms with Crippen molar-refractivity contribution in [3.05, 3.63) is 47.0 Å². The van der Waals surface area contributed by atoms with Gasteiger partial charge in [0.25, 0.3) is 0 Å². The molecule has 0 bridgehead atoms. The topological polar surface area (TPSA) is 26.3 Å². The van der Waals surface area contributed by atoms with Crippen molar-refractivity contribution in [2.45, 2.75) is 26.9 Å². The Morgan fingerprint density at radius 3 is 2.38 bits per heavy atom. The maximum absolute atomic E-state index is 11.6. The van der Waals surface area contributed by atoms with Crippen LogP contribution >= 0.6 is 0 Å². The van der Waals surface area contributed by atoms with Crippen LogP contribution in [0.15, 0.2) is 35.9 Å². The van der Waals surface area contributed by atoms with Crippen molar-refractivity contribution in [2.24, 2.45) is 5.92 Å². The fourth-order valence-electron chi connectivity index (χ4n) is 2.13. The van der Waals surface area contributed by atoms with Gasteiger partial charge in [-0.15, -0.1) is 0 Å². The van der Waals surface area contributed by atoms with Crippen LogP contribution in [-0.4, -0.2) is 5.97 Å². The molecule has 1 aliphatic heterocycles. The molecule has 1 fully saturated rings. The van der Waals surface area contributed by atoms with E-state index in [1.807, 2.05) is 51.1 Å². The van der Waals surface area contributed by atoms with Crippen LogP contribution in [0.5, 0.6) is 0 Å². The molecule has 0 N–H and O–H groups in total. The zero-order chi connectivity index (χ0) is 11.7. The number of allylic oxidation sites excluding steroid dienone is 1. The number of esters is 1. The van der Waals surface area contributed by atoms with Gasteiger partial charge in [-0.05, 0) is 19.4 Å². The molecule has 2 heteroatoms. The summed E-state index contributed by atoms with van der Waals surface area (Å²) in [5.41, 5.74) is 3.07. The summed E-state index contributed by atoms with van der Waals surface area (Å²) in [6.07, 6.45) is 1.72. The van der Waals surface area contributed by atoms with E-state index in [1.165, 1.54) is 5.56 Å². The Hall–Kier alpha value is -1.57. The number of hydrogen-bond donors (Lipinski definition) is 0. The average molecular weight is 216 g/mol. The number of hydrogen-bond acceptors (Lipinski definition) is 2. The predicted octanol–water partition coefficient (Wildman–Crippen LogP) is 3.18. The fraction of sp³-hybridized carbons (Fsp3) is 0.357.